The maximum absolute atomic E-state index is 6.59. The van der Waals surface area contributed by atoms with Crippen LogP contribution in [-0.2, 0) is 4.43 Å². The van der Waals surface area contributed by atoms with Gasteiger partial charge in [0.25, 0.3) is 0 Å². The minimum atomic E-state index is -2.30. The molecule has 0 atom stereocenters. The van der Waals surface area contributed by atoms with Gasteiger partial charge in [-0.3, -0.25) is 0 Å². The summed E-state index contributed by atoms with van der Waals surface area (Å²) in [7, 11) is -1.67. The zero-order valence-electron chi connectivity index (χ0n) is 18.2. The van der Waals surface area contributed by atoms with Crippen LogP contribution in [0.2, 0.25) is 31.4 Å². The fraction of sp³-hybridized carbons (Fsp3) is 0.905. The van der Waals surface area contributed by atoms with E-state index in [1.165, 1.54) is 51.8 Å². The molecule has 0 aromatic heterocycles. The molecule has 3 heteroatoms. The fourth-order valence-corrected chi connectivity index (χ4v) is 19.5. The second-order valence-electron chi connectivity index (χ2n) is 9.24. The molecule has 144 valence electrons. The zero-order valence-corrected chi connectivity index (χ0v) is 22.0. The van der Waals surface area contributed by atoms with Gasteiger partial charge in [-0.2, -0.15) is 0 Å². The Labute approximate surface area is 159 Å². The van der Waals surface area contributed by atoms with Crippen LogP contribution in [0.5, 0.6) is 0 Å². The number of rotatable bonds is 13. The molecule has 0 rings (SSSR count). The summed E-state index contributed by atoms with van der Waals surface area (Å²) < 4.78 is 12.7. The SMILES string of the molecule is C=[C](CO[Si](C)(C)C(C)(C)C)[Sn]([CH2]CCC)([CH2]CCC)[CH2]CCC. The summed E-state index contributed by atoms with van der Waals surface area (Å²) in [5.41, 5.74) is 0. The van der Waals surface area contributed by atoms with E-state index in [2.05, 4.69) is 61.2 Å². The van der Waals surface area contributed by atoms with Gasteiger partial charge in [-0.1, -0.05) is 0 Å². The van der Waals surface area contributed by atoms with Crippen LogP contribution >= 0.6 is 0 Å². The van der Waals surface area contributed by atoms with E-state index in [-0.39, 0.29) is 0 Å². The zero-order chi connectivity index (χ0) is 18.9. The Morgan fingerprint density at radius 1 is 0.875 bits per heavy atom. The van der Waals surface area contributed by atoms with Gasteiger partial charge in [-0.05, 0) is 0 Å². The van der Waals surface area contributed by atoms with Gasteiger partial charge in [0.05, 0.1) is 0 Å². The Morgan fingerprint density at radius 3 is 1.54 bits per heavy atom. The first-order valence-electron chi connectivity index (χ1n) is 10.4. The molecule has 0 heterocycles. The summed E-state index contributed by atoms with van der Waals surface area (Å²) in [5, 5.41) is 0.293. The molecule has 0 unspecified atom stereocenters. The molecule has 0 radical (unpaired) electrons. The monoisotopic (exact) mass is 462 g/mol. The van der Waals surface area contributed by atoms with Crippen molar-refractivity contribution in [2.45, 2.75) is 112 Å². The van der Waals surface area contributed by atoms with E-state index in [0.29, 0.717) is 5.04 Å². The van der Waals surface area contributed by atoms with Crippen LogP contribution in [0.25, 0.3) is 0 Å². The first-order valence-corrected chi connectivity index (χ1v) is 20.8. The van der Waals surface area contributed by atoms with Crippen LogP contribution in [0.1, 0.15) is 80.1 Å². The quantitative estimate of drug-likeness (QED) is 0.253. The van der Waals surface area contributed by atoms with E-state index in [9.17, 15) is 0 Å². The number of hydrogen-bond donors (Lipinski definition) is 0. The summed E-state index contributed by atoms with van der Waals surface area (Å²) in [4.78, 5) is 0. The van der Waals surface area contributed by atoms with E-state index < -0.39 is 26.7 Å². The molecule has 0 aromatic rings. The molecule has 0 fully saturated rings. The van der Waals surface area contributed by atoms with Crippen molar-refractivity contribution in [3.63, 3.8) is 0 Å². The van der Waals surface area contributed by atoms with Gasteiger partial charge in [-0.25, -0.2) is 0 Å². The Kier molecular flexibility index (Phi) is 11.8. The van der Waals surface area contributed by atoms with Crippen molar-refractivity contribution < 1.29 is 4.43 Å². The molecule has 0 spiro atoms. The molecule has 0 saturated carbocycles. The van der Waals surface area contributed by atoms with Gasteiger partial charge in [0.1, 0.15) is 0 Å². The fourth-order valence-electron chi connectivity index (χ4n) is 3.09. The van der Waals surface area contributed by atoms with E-state index >= 15 is 0 Å². The first-order chi connectivity index (χ1) is 11.1. The molecule has 1 nitrogen and oxygen atoms in total. The van der Waals surface area contributed by atoms with Crippen LogP contribution in [-0.4, -0.2) is 33.3 Å². The average Bonchev–Trinajstić information content (AvgIpc) is 2.51. The molecular weight excluding hydrogens is 415 g/mol. The normalized spacial score (nSPS) is 13.3. The van der Waals surface area contributed by atoms with Crippen LogP contribution in [0, 0.1) is 0 Å². The Hall–Kier alpha value is 0.716. The van der Waals surface area contributed by atoms with Gasteiger partial charge < -0.3 is 0 Å². The van der Waals surface area contributed by atoms with Gasteiger partial charge in [0.2, 0.25) is 0 Å². The third kappa shape index (κ3) is 7.95. The van der Waals surface area contributed by atoms with E-state index in [1.807, 2.05) is 0 Å². The topological polar surface area (TPSA) is 9.23 Å². The summed E-state index contributed by atoms with van der Waals surface area (Å²) >= 11 is -2.30. The molecule has 0 bridgehead atoms. The number of hydrogen-bond acceptors (Lipinski definition) is 1. The molecule has 0 aromatic carbocycles. The molecule has 0 amide bonds. The van der Waals surface area contributed by atoms with Crippen molar-refractivity contribution in [3.8, 4) is 0 Å². The van der Waals surface area contributed by atoms with Crippen LogP contribution in [0.3, 0.4) is 0 Å². The Bertz CT molecular complexity index is 336. The standard InChI is InChI=1S/C9H19OSi.3C4H9.Sn/c1-7-8-10-11(5,6)9(2,3)4;3*1-3-4-2;/h1,8H2,2-6H3;3*1,3-4H2,2H3;. The second kappa shape index (κ2) is 11.4. The van der Waals surface area contributed by atoms with Gasteiger partial charge in [-0.15, -0.1) is 0 Å². The predicted molar refractivity (Wildman–Crippen MR) is 117 cm³/mol. The maximum atomic E-state index is 6.59. The van der Waals surface area contributed by atoms with Crippen molar-refractivity contribution >= 4 is 26.7 Å². The van der Waals surface area contributed by atoms with E-state index in [0.717, 1.165) is 6.61 Å². The average molecular weight is 461 g/mol. The third-order valence-electron chi connectivity index (χ3n) is 6.19. The first kappa shape index (κ1) is 24.7. The number of unbranched alkanes of at least 4 members (excludes halogenated alkanes) is 3. The van der Waals surface area contributed by atoms with E-state index in [1.54, 1.807) is 3.59 Å². The summed E-state index contributed by atoms with van der Waals surface area (Å²) in [6, 6.07) is 0. The minimum absolute atomic E-state index is 0.293. The van der Waals surface area contributed by atoms with E-state index in [4.69, 9.17) is 4.43 Å². The van der Waals surface area contributed by atoms with Crippen LogP contribution in [0.15, 0.2) is 10.2 Å². The van der Waals surface area contributed by atoms with Crippen molar-refractivity contribution in [3.05, 3.63) is 10.2 Å². The molecule has 24 heavy (non-hydrogen) atoms. The predicted octanol–water partition coefficient (Wildman–Crippen LogP) is 7.95. The molecule has 0 aliphatic rings. The van der Waals surface area contributed by atoms with Crippen molar-refractivity contribution in [2.75, 3.05) is 6.61 Å². The summed E-state index contributed by atoms with van der Waals surface area (Å²) in [5.74, 6) is 0. The molecule has 0 aliphatic carbocycles. The van der Waals surface area contributed by atoms with Crippen LogP contribution < -0.4 is 0 Å². The Balaban J connectivity index is 5.17. The van der Waals surface area contributed by atoms with Crippen LogP contribution in [0.4, 0.5) is 0 Å². The third-order valence-corrected chi connectivity index (χ3v) is 26.6. The van der Waals surface area contributed by atoms with Gasteiger partial charge >= 0.3 is 159 Å². The summed E-state index contributed by atoms with van der Waals surface area (Å²) in [6.07, 6.45) is 8.20. The molecule has 0 aliphatic heterocycles. The van der Waals surface area contributed by atoms with Crippen molar-refractivity contribution in [1.29, 1.82) is 0 Å². The Morgan fingerprint density at radius 2 is 1.25 bits per heavy atom. The molecule has 0 saturated heterocycles. The molecule has 0 N–H and O–H groups in total. The second-order valence-corrected chi connectivity index (χ2v) is 27.7. The van der Waals surface area contributed by atoms with Gasteiger partial charge in [0, 0.05) is 0 Å². The van der Waals surface area contributed by atoms with Gasteiger partial charge in [0.15, 0.2) is 0 Å². The van der Waals surface area contributed by atoms with Crippen molar-refractivity contribution in [2.24, 2.45) is 0 Å². The summed E-state index contributed by atoms with van der Waals surface area (Å²) in [6.45, 7) is 24.3. The van der Waals surface area contributed by atoms with Crippen molar-refractivity contribution in [1.82, 2.24) is 0 Å². The molecular formula is C21H46OSiSn.